The lowest BCUT2D eigenvalue weighted by atomic mass is 10.2. The standard InChI is InChI=1S/C14H23NO/c1-11(2)10-16-14-7-5-13(6-8-14)9-15-12(3)4/h5-8,11-12,15H,9-10H2,1-4H3. The maximum Gasteiger partial charge on any atom is 0.119 e. The average Bonchev–Trinajstić information content (AvgIpc) is 2.25. The first-order valence-corrected chi connectivity index (χ1v) is 6.03. The fourth-order valence-corrected chi connectivity index (χ4v) is 1.29. The Morgan fingerprint density at radius 2 is 1.69 bits per heavy atom. The number of hydrogen-bond acceptors (Lipinski definition) is 2. The van der Waals surface area contributed by atoms with Gasteiger partial charge < -0.3 is 10.1 Å². The monoisotopic (exact) mass is 221 g/mol. The Balaban J connectivity index is 2.41. The van der Waals surface area contributed by atoms with E-state index in [1.807, 2.05) is 12.1 Å². The van der Waals surface area contributed by atoms with E-state index in [0.29, 0.717) is 12.0 Å². The second kappa shape index (κ2) is 6.54. The third-order valence-corrected chi connectivity index (χ3v) is 2.22. The molecule has 2 nitrogen and oxygen atoms in total. The lowest BCUT2D eigenvalue weighted by Crippen LogP contribution is -2.21. The highest BCUT2D eigenvalue weighted by molar-refractivity contribution is 5.27. The van der Waals surface area contributed by atoms with Gasteiger partial charge in [-0.15, -0.1) is 0 Å². The summed E-state index contributed by atoms with van der Waals surface area (Å²) in [5, 5.41) is 3.39. The quantitative estimate of drug-likeness (QED) is 0.796. The highest BCUT2D eigenvalue weighted by atomic mass is 16.5. The van der Waals surface area contributed by atoms with E-state index >= 15 is 0 Å². The van der Waals surface area contributed by atoms with Gasteiger partial charge in [0.05, 0.1) is 6.61 Å². The minimum atomic E-state index is 0.525. The van der Waals surface area contributed by atoms with Crippen molar-refractivity contribution in [2.45, 2.75) is 40.3 Å². The van der Waals surface area contributed by atoms with Crippen molar-refractivity contribution in [1.29, 1.82) is 0 Å². The normalized spacial score (nSPS) is 11.1. The van der Waals surface area contributed by atoms with Crippen LogP contribution in [0.3, 0.4) is 0 Å². The van der Waals surface area contributed by atoms with Gasteiger partial charge in [0, 0.05) is 12.6 Å². The van der Waals surface area contributed by atoms with Gasteiger partial charge in [0.15, 0.2) is 0 Å². The second-order valence-corrected chi connectivity index (χ2v) is 4.88. The molecule has 0 aliphatic heterocycles. The van der Waals surface area contributed by atoms with E-state index in [1.54, 1.807) is 0 Å². The number of ether oxygens (including phenoxy) is 1. The summed E-state index contributed by atoms with van der Waals surface area (Å²) in [4.78, 5) is 0. The van der Waals surface area contributed by atoms with E-state index in [1.165, 1.54) is 5.56 Å². The van der Waals surface area contributed by atoms with E-state index in [2.05, 4.69) is 45.1 Å². The fourth-order valence-electron chi connectivity index (χ4n) is 1.29. The first kappa shape index (κ1) is 13.0. The van der Waals surface area contributed by atoms with Crippen molar-refractivity contribution in [3.63, 3.8) is 0 Å². The predicted molar refractivity (Wildman–Crippen MR) is 68.8 cm³/mol. The number of hydrogen-bond donors (Lipinski definition) is 1. The van der Waals surface area contributed by atoms with Crippen LogP contribution in [0.1, 0.15) is 33.3 Å². The van der Waals surface area contributed by atoms with Crippen molar-refractivity contribution < 1.29 is 4.74 Å². The molecule has 0 aromatic heterocycles. The Morgan fingerprint density at radius 3 is 2.19 bits per heavy atom. The van der Waals surface area contributed by atoms with Crippen LogP contribution in [-0.2, 0) is 6.54 Å². The van der Waals surface area contributed by atoms with E-state index < -0.39 is 0 Å². The Hall–Kier alpha value is -1.02. The molecule has 1 N–H and O–H groups in total. The highest BCUT2D eigenvalue weighted by Gasteiger charge is 1.98. The van der Waals surface area contributed by atoms with E-state index in [9.17, 15) is 0 Å². The van der Waals surface area contributed by atoms with Crippen LogP contribution in [0.5, 0.6) is 5.75 Å². The van der Waals surface area contributed by atoms with E-state index in [-0.39, 0.29) is 0 Å². The number of nitrogens with one attached hydrogen (secondary N) is 1. The summed E-state index contributed by atoms with van der Waals surface area (Å²) < 4.78 is 5.63. The van der Waals surface area contributed by atoms with E-state index in [0.717, 1.165) is 18.9 Å². The van der Waals surface area contributed by atoms with Gasteiger partial charge in [-0.1, -0.05) is 39.8 Å². The van der Waals surface area contributed by atoms with Gasteiger partial charge in [0.2, 0.25) is 0 Å². The third kappa shape index (κ3) is 5.17. The Kier molecular flexibility index (Phi) is 5.33. The SMILES string of the molecule is CC(C)COc1ccc(CNC(C)C)cc1. The largest absolute Gasteiger partial charge is 0.493 e. The minimum Gasteiger partial charge on any atom is -0.493 e. The van der Waals surface area contributed by atoms with Crippen LogP contribution in [-0.4, -0.2) is 12.6 Å². The highest BCUT2D eigenvalue weighted by Crippen LogP contribution is 2.13. The number of rotatable bonds is 6. The summed E-state index contributed by atoms with van der Waals surface area (Å²) in [6, 6.07) is 8.84. The maximum atomic E-state index is 5.63. The Morgan fingerprint density at radius 1 is 1.06 bits per heavy atom. The number of benzene rings is 1. The van der Waals surface area contributed by atoms with Crippen molar-refractivity contribution >= 4 is 0 Å². The lowest BCUT2D eigenvalue weighted by molar-refractivity contribution is 0.271. The summed E-state index contributed by atoms with van der Waals surface area (Å²) in [6.07, 6.45) is 0. The van der Waals surface area contributed by atoms with Crippen molar-refractivity contribution in [3.8, 4) is 5.75 Å². The van der Waals surface area contributed by atoms with Crippen LogP contribution in [0.4, 0.5) is 0 Å². The molecule has 0 amide bonds. The molecule has 0 spiro atoms. The van der Waals surface area contributed by atoms with Crippen LogP contribution < -0.4 is 10.1 Å². The molecule has 16 heavy (non-hydrogen) atoms. The van der Waals surface area contributed by atoms with Crippen LogP contribution in [0, 0.1) is 5.92 Å². The summed E-state index contributed by atoms with van der Waals surface area (Å²) in [5.41, 5.74) is 1.30. The molecule has 90 valence electrons. The first-order chi connectivity index (χ1) is 7.58. The second-order valence-electron chi connectivity index (χ2n) is 4.88. The van der Waals surface area contributed by atoms with Crippen molar-refractivity contribution in [3.05, 3.63) is 29.8 Å². The summed E-state index contributed by atoms with van der Waals surface area (Å²) in [5.74, 6) is 1.53. The Labute approximate surface area is 99.0 Å². The molecule has 0 aliphatic carbocycles. The molecule has 1 aromatic carbocycles. The molecule has 0 aliphatic rings. The summed E-state index contributed by atoms with van der Waals surface area (Å²) >= 11 is 0. The molecule has 0 radical (unpaired) electrons. The van der Waals surface area contributed by atoms with Crippen LogP contribution >= 0.6 is 0 Å². The smallest absolute Gasteiger partial charge is 0.119 e. The molecular weight excluding hydrogens is 198 g/mol. The topological polar surface area (TPSA) is 21.3 Å². The molecule has 1 rings (SSSR count). The molecule has 0 saturated heterocycles. The molecule has 0 fully saturated rings. The van der Waals surface area contributed by atoms with Crippen molar-refractivity contribution in [2.75, 3.05) is 6.61 Å². The molecule has 1 aromatic rings. The molecule has 0 bridgehead atoms. The van der Waals surface area contributed by atoms with Crippen LogP contribution in [0.2, 0.25) is 0 Å². The van der Waals surface area contributed by atoms with Gasteiger partial charge in [0.1, 0.15) is 5.75 Å². The van der Waals surface area contributed by atoms with Crippen molar-refractivity contribution in [2.24, 2.45) is 5.92 Å². The Bertz CT molecular complexity index is 259. The third-order valence-electron chi connectivity index (χ3n) is 2.22. The van der Waals surface area contributed by atoms with Gasteiger partial charge in [-0.05, 0) is 23.6 Å². The van der Waals surface area contributed by atoms with Crippen LogP contribution in [0.25, 0.3) is 0 Å². The van der Waals surface area contributed by atoms with Gasteiger partial charge in [-0.2, -0.15) is 0 Å². The molecular formula is C14H23NO. The zero-order chi connectivity index (χ0) is 12.0. The molecule has 0 saturated carbocycles. The molecule has 2 heteroatoms. The molecule has 0 unspecified atom stereocenters. The first-order valence-electron chi connectivity index (χ1n) is 6.03. The average molecular weight is 221 g/mol. The van der Waals surface area contributed by atoms with E-state index in [4.69, 9.17) is 4.74 Å². The fraction of sp³-hybridized carbons (Fsp3) is 0.571. The maximum absolute atomic E-state index is 5.63. The lowest BCUT2D eigenvalue weighted by Gasteiger charge is -2.10. The predicted octanol–water partition coefficient (Wildman–Crippen LogP) is 3.22. The van der Waals surface area contributed by atoms with Gasteiger partial charge in [-0.3, -0.25) is 0 Å². The van der Waals surface area contributed by atoms with Gasteiger partial charge >= 0.3 is 0 Å². The van der Waals surface area contributed by atoms with Gasteiger partial charge in [0.25, 0.3) is 0 Å². The molecule has 0 heterocycles. The zero-order valence-corrected chi connectivity index (χ0v) is 10.8. The summed E-state index contributed by atoms with van der Waals surface area (Å²) in [6.45, 7) is 10.3. The zero-order valence-electron chi connectivity index (χ0n) is 10.8. The van der Waals surface area contributed by atoms with Gasteiger partial charge in [-0.25, -0.2) is 0 Å². The van der Waals surface area contributed by atoms with Crippen molar-refractivity contribution in [1.82, 2.24) is 5.32 Å². The van der Waals surface area contributed by atoms with Crippen LogP contribution in [0.15, 0.2) is 24.3 Å². The minimum absolute atomic E-state index is 0.525. The summed E-state index contributed by atoms with van der Waals surface area (Å²) in [7, 11) is 0. The molecule has 0 atom stereocenters.